The molecule has 1 aromatic heterocycles. The van der Waals surface area contributed by atoms with Crippen molar-refractivity contribution < 1.29 is 41.0 Å². The third-order valence-corrected chi connectivity index (χ3v) is 6.21. The highest BCUT2D eigenvalue weighted by molar-refractivity contribution is 9.10. The number of carbonyl (C=O) groups excluding carboxylic acids is 2. The fraction of sp³-hybridized carbons (Fsp3) is 0.321. The molecule has 0 radical (unpaired) electrons. The van der Waals surface area contributed by atoms with E-state index >= 15 is 0 Å². The number of hydrogen-bond donors (Lipinski definition) is 3. The van der Waals surface area contributed by atoms with Crippen LogP contribution in [0.5, 0.6) is 5.88 Å². The van der Waals surface area contributed by atoms with E-state index in [4.69, 9.17) is 9.47 Å². The number of ether oxygens (including phenoxy) is 2. The van der Waals surface area contributed by atoms with Gasteiger partial charge in [-0.15, -0.1) is 0 Å². The molecule has 3 rings (SSSR count). The SMILES string of the molecule is COc1ccc(NC(=O)c2cc(C(F)(F)F)ccc2Nc2ccc(F)c(F)c2CCCNC(=O)OC(C)(C)C)c(Br)n1. The van der Waals surface area contributed by atoms with Crippen LogP contribution in [-0.4, -0.2) is 36.2 Å². The smallest absolute Gasteiger partial charge is 0.416 e. The van der Waals surface area contributed by atoms with Crippen LogP contribution in [0.4, 0.5) is 43.8 Å². The molecule has 0 spiro atoms. The molecule has 3 N–H and O–H groups in total. The summed E-state index contributed by atoms with van der Waals surface area (Å²) < 4.78 is 79.9. The van der Waals surface area contributed by atoms with Gasteiger partial charge in [0.25, 0.3) is 5.91 Å². The molecule has 42 heavy (non-hydrogen) atoms. The zero-order valence-corrected chi connectivity index (χ0v) is 24.6. The van der Waals surface area contributed by atoms with Gasteiger partial charge in [0.1, 0.15) is 10.2 Å². The molecule has 2 aromatic carbocycles. The molecule has 2 amide bonds. The van der Waals surface area contributed by atoms with Gasteiger partial charge < -0.3 is 25.4 Å². The Kier molecular flexibility index (Phi) is 10.4. The Morgan fingerprint density at radius 2 is 1.64 bits per heavy atom. The van der Waals surface area contributed by atoms with Crippen molar-refractivity contribution in [2.75, 3.05) is 24.3 Å². The fourth-order valence-electron chi connectivity index (χ4n) is 3.70. The molecule has 0 atom stereocenters. The highest BCUT2D eigenvalue weighted by Gasteiger charge is 2.32. The number of alkyl halides is 3. The molecule has 226 valence electrons. The van der Waals surface area contributed by atoms with E-state index in [-0.39, 0.29) is 52.5 Å². The van der Waals surface area contributed by atoms with Crippen LogP contribution >= 0.6 is 15.9 Å². The predicted octanol–water partition coefficient (Wildman–Crippen LogP) is 7.60. The second kappa shape index (κ2) is 13.4. The normalized spacial score (nSPS) is 11.6. The monoisotopic (exact) mass is 658 g/mol. The maximum absolute atomic E-state index is 14.9. The predicted molar refractivity (Wildman–Crippen MR) is 150 cm³/mol. The van der Waals surface area contributed by atoms with Crippen LogP contribution in [0.25, 0.3) is 0 Å². The van der Waals surface area contributed by atoms with Gasteiger partial charge in [-0.25, -0.2) is 18.6 Å². The zero-order chi connectivity index (χ0) is 31.2. The number of anilines is 3. The molecule has 8 nitrogen and oxygen atoms in total. The number of amides is 2. The lowest BCUT2D eigenvalue weighted by Gasteiger charge is -2.20. The summed E-state index contributed by atoms with van der Waals surface area (Å²) in [5.41, 5.74) is -2.30. The van der Waals surface area contributed by atoms with E-state index in [1.165, 1.54) is 25.3 Å². The van der Waals surface area contributed by atoms with E-state index in [1.807, 2.05) is 0 Å². The first-order valence-corrected chi connectivity index (χ1v) is 13.3. The number of methoxy groups -OCH3 is 1. The van der Waals surface area contributed by atoms with E-state index in [9.17, 15) is 31.5 Å². The minimum Gasteiger partial charge on any atom is -0.481 e. The number of nitrogens with zero attached hydrogens (tertiary/aromatic N) is 1. The van der Waals surface area contributed by atoms with Crippen molar-refractivity contribution in [3.05, 3.63) is 75.4 Å². The van der Waals surface area contributed by atoms with Crippen molar-refractivity contribution in [1.29, 1.82) is 0 Å². The van der Waals surface area contributed by atoms with Gasteiger partial charge in [-0.2, -0.15) is 13.2 Å². The van der Waals surface area contributed by atoms with Crippen LogP contribution < -0.4 is 20.7 Å². The molecule has 14 heteroatoms. The Labute approximate surface area is 247 Å². The molecule has 0 fully saturated rings. The topological polar surface area (TPSA) is 102 Å². The zero-order valence-electron chi connectivity index (χ0n) is 23.0. The van der Waals surface area contributed by atoms with Crippen LogP contribution in [0, 0.1) is 11.6 Å². The van der Waals surface area contributed by atoms with Gasteiger partial charge in [0.05, 0.1) is 29.6 Å². The van der Waals surface area contributed by atoms with Gasteiger partial charge in [0.15, 0.2) is 11.6 Å². The van der Waals surface area contributed by atoms with Gasteiger partial charge in [-0.05, 0) is 85.9 Å². The highest BCUT2D eigenvalue weighted by atomic mass is 79.9. The van der Waals surface area contributed by atoms with Crippen LogP contribution in [0.3, 0.4) is 0 Å². The first-order valence-electron chi connectivity index (χ1n) is 12.5. The number of alkyl carbamates (subject to hydrolysis) is 1. The van der Waals surface area contributed by atoms with Gasteiger partial charge in [-0.3, -0.25) is 4.79 Å². The molecule has 1 heterocycles. The summed E-state index contributed by atoms with van der Waals surface area (Å²) in [5, 5.41) is 7.78. The third-order valence-electron chi connectivity index (χ3n) is 5.61. The number of benzene rings is 2. The number of carbonyl (C=O) groups is 2. The van der Waals surface area contributed by atoms with Crippen molar-refractivity contribution in [2.45, 2.75) is 45.4 Å². The number of halogens is 6. The number of pyridine rings is 1. The molecule has 0 aliphatic carbocycles. The van der Waals surface area contributed by atoms with E-state index in [1.54, 1.807) is 20.8 Å². The summed E-state index contributed by atoms with van der Waals surface area (Å²) >= 11 is 3.17. The van der Waals surface area contributed by atoms with Crippen molar-refractivity contribution >= 4 is 45.0 Å². The second-order valence-electron chi connectivity index (χ2n) is 9.95. The van der Waals surface area contributed by atoms with Crippen LogP contribution in [0.2, 0.25) is 0 Å². The lowest BCUT2D eigenvalue weighted by Crippen LogP contribution is -2.33. The fourth-order valence-corrected chi connectivity index (χ4v) is 4.11. The average Bonchev–Trinajstić information content (AvgIpc) is 2.89. The summed E-state index contributed by atoms with van der Waals surface area (Å²) in [6, 6.07) is 7.36. The number of nitrogens with one attached hydrogen (secondary N) is 3. The number of rotatable bonds is 9. The first-order chi connectivity index (χ1) is 19.6. The summed E-state index contributed by atoms with van der Waals surface area (Å²) in [6.45, 7) is 5.14. The highest BCUT2D eigenvalue weighted by Crippen LogP contribution is 2.35. The summed E-state index contributed by atoms with van der Waals surface area (Å²) in [7, 11) is 1.39. The number of aromatic nitrogens is 1. The van der Waals surface area contributed by atoms with Gasteiger partial charge >= 0.3 is 12.3 Å². The lowest BCUT2D eigenvalue weighted by molar-refractivity contribution is -0.137. The Balaban J connectivity index is 1.90. The third kappa shape index (κ3) is 8.78. The van der Waals surface area contributed by atoms with E-state index < -0.39 is 46.5 Å². The summed E-state index contributed by atoms with van der Waals surface area (Å²) in [6.07, 6.45) is -5.33. The summed E-state index contributed by atoms with van der Waals surface area (Å²) in [5.74, 6) is -3.02. The van der Waals surface area contributed by atoms with Crippen LogP contribution in [-0.2, 0) is 17.3 Å². The maximum atomic E-state index is 14.9. The van der Waals surface area contributed by atoms with Crippen molar-refractivity contribution in [3.63, 3.8) is 0 Å². The molecule has 0 aliphatic heterocycles. The van der Waals surface area contributed by atoms with Crippen molar-refractivity contribution in [3.8, 4) is 5.88 Å². The molecular formula is C28H28BrF5N4O4. The van der Waals surface area contributed by atoms with Gasteiger partial charge in [0, 0.05) is 23.9 Å². The standard InChI is InChI=1S/C28H28BrF5N4O4/c1-27(2,3)42-26(40)35-13-5-6-16-19(10-8-18(30)23(16)31)36-20-9-7-15(28(32,33)34)14-17(20)25(39)37-21-11-12-22(41-4)38-24(21)29/h7-12,14,36H,5-6,13H2,1-4H3,(H,35,40)(H,37,39). The van der Waals surface area contributed by atoms with E-state index in [0.29, 0.717) is 6.07 Å². The minimum absolute atomic E-state index is 0.0206. The Morgan fingerprint density at radius 1 is 0.976 bits per heavy atom. The van der Waals surface area contributed by atoms with Crippen molar-refractivity contribution in [2.24, 2.45) is 0 Å². The molecule has 0 bridgehead atoms. The largest absolute Gasteiger partial charge is 0.481 e. The van der Waals surface area contributed by atoms with Crippen molar-refractivity contribution in [1.82, 2.24) is 10.3 Å². The first kappa shape index (κ1) is 32.6. The summed E-state index contributed by atoms with van der Waals surface area (Å²) in [4.78, 5) is 29.1. The molecule has 3 aromatic rings. The molecule has 0 aliphatic rings. The Morgan fingerprint density at radius 3 is 2.26 bits per heavy atom. The van der Waals surface area contributed by atoms with Crippen LogP contribution in [0.1, 0.15) is 48.7 Å². The van der Waals surface area contributed by atoms with Crippen LogP contribution in [0.15, 0.2) is 47.1 Å². The molecule has 0 unspecified atom stereocenters. The Hall–Kier alpha value is -3.94. The second-order valence-corrected chi connectivity index (χ2v) is 10.7. The molecular weight excluding hydrogens is 631 g/mol. The minimum atomic E-state index is -4.76. The van der Waals surface area contributed by atoms with E-state index in [2.05, 4.69) is 36.9 Å². The molecule has 0 saturated carbocycles. The van der Waals surface area contributed by atoms with Gasteiger partial charge in [-0.1, -0.05) is 0 Å². The average molecular weight is 659 g/mol. The molecule has 0 saturated heterocycles. The Bertz CT molecular complexity index is 1460. The van der Waals surface area contributed by atoms with E-state index in [0.717, 1.165) is 18.2 Å². The quantitative estimate of drug-likeness (QED) is 0.124. The maximum Gasteiger partial charge on any atom is 0.416 e. The van der Waals surface area contributed by atoms with Gasteiger partial charge in [0.2, 0.25) is 5.88 Å². The number of hydrogen-bond acceptors (Lipinski definition) is 6. The lowest BCUT2D eigenvalue weighted by atomic mass is 10.0.